The zero-order valence-electron chi connectivity index (χ0n) is 21.0. The van der Waals surface area contributed by atoms with Gasteiger partial charge in [-0.05, 0) is 39.2 Å². The van der Waals surface area contributed by atoms with Crippen LogP contribution in [0.4, 0.5) is 5.69 Å². The number of rotatable bonds is 8. The first-order chi connectivity index (χ1) is 17.0. The summed E-state index contributed by atoms with van der Waals surface area (Å²) < 4.78 is 9.55. The molecule has 0 spiro atoms. The highest BCUT2D eigenvalue weighted by Gasteiger charge is 2.25. The normalized spacial score (nSPS) is 18.1. The minimum absolute atomic E-state index is 0.00789. The summed E-state index contributed by atoms with van der Waals surface area (Å²) in [5.41, 5.74) is 6.96. The second kappa shape index (κ2) is 10.3. The number of unbranched alkanes of at least 4 members (excludes halogenated alkanes) is 2. The molecule has 2 aliphatic heterocycles. The van der Waals surface area contributed by atoms with Crippen LogP contribution in [-0.2, 0) is 36.1 Å². The number of hydrogen-bond acceptors (Lipinski definition) is 7. The van der Waals surface area contributed by atoms with E-state index in [9.17, 15) is 4.79 Å². The number of carbonyl (C=O) groups is 1. The largest absolute Gasteiger partial charge is 0.366 e. The van der Waals surface area contributed by atoms with Crippen molar-refractivity contribution in [1.29, 1.82) is 0 Å². The minimum Gasteiger partial charge on any atom is -0.366 e. The number of aromatic nitrogens is 5. The van der Waals surface area contributed by atoms with Gasteiger partial charge in [0, 0.05) is 69.7 Å². The smallest absolute Gasteiger partial charge is 0.250 e. The van der Waals surface area contributed by atoms with Crippen LogP contribution in [0.2, 0.25) is 0 Å². The average molecular weight is 481 g/mol. The molecule has 1 atom stereocenters. The Morgan fingerprint density at radius 1 is 1.29 bits per heavy atom. The Kier molecular flexibility index (Phi) is 7.01. The van der Waals surface area contributed by atoms with Crippen molar-refractivity contribution < 1.29 is 9.53 Å². The average Bonchev–Trinajstić information content (AvgIpc) is 3.40. The Labute approximate surface area is 206 Å². The van der Waals surface area contributed by atoms with Gasteiger partial charge in [-0.25, -0.2) is 4.98 Å². The van der Waals surface area contributed by atoms with Crippen LogP contribution in [0.5, 0.6) is 0 Å². The Morgan fingerprint density at radius 2 is 2.17 bits per heavy atom. The monoisotopic (exact) mass is 480 g/mol. The summed E-state index contributed by atoms with van der Waals surface area (Å²) in [5.74, 6) is -0.00789. The molecule has 3 aromatic rings. The van der Waals surface area contributed by atoms with Gasteiger partial charge in [0.05, 0.1) is 29.6 Å². The molecule has 1 unspecified atom stereocenters. The standard InChI is InChI=1S/C25H36N8O2/c1-17-13-22(19-14-28-31(3)24(19)29-17)32-11-7-21-20(16-32)18(2)30-33(21)10-6-4-5-8-27-25(34)23-15-26-9-12-35-23/h13-14,23,26H,4-12,15-16H2,1-3H3,(H,27,34). The van der Waals surface area contributed by atoms with Gasteiger partial charge in [0.15, 0.2) is 5.65 Å². The third kappa shape index (κ3) is 5.04. The molecule has 0 saturated carbocycles. The SMILES string of the molecule is Cc1cc(N2CCc3c(c(C)nn3CCCCCNC(=O)C3CNCCO3)C2)c2cnn(C)c2n1. The van der Waals surface area contributed by atoms with E-state index in [0.717, 1.165) is 74.3 Å². The molecule has 0 radical (unpaired) electrons. The lowest BCUT2D eigenvalue weighted by atomic mass is 10.0. The van der Waals surface area contributed by atoms with Crippen molar-refractivity contribution in [2.24, 2.45) is 7.05 Å². The quantitative estimate of drug-likeness (QED) is 0.473. The van der Waals surface area contributed by atoms with E-state index in [-0.39, 0.29) is 12.0 Å². The summed E-state index contributed by atoms with van der Waals surface area (Å²) in [6.07, 6.45) is 5.61. The lowest BCUT2D eigenvalue weighted by Crippen LogP contribution is -2.48. The molecule has 1 saturated heterocycles. The topological polar surface area (TPSA) is 102 Å². The summed E-state index contributed by atoms with van der Waals surface area (Å²) in [6, 6.07) is 2.17. The second-order valence-electron chi connectivity index (χ2n) is 9.61. The molecule has 0 bridgehead atoms. The van der Waals surface area contributed by atoms with Crippen LogP contribution in [0, 0.1) is 13.8 Å². The molecular formula is C25H36N8O2. The summed E-state index contributed by atoms with van der Waals surface area (Å²) in [7, 11) is 1.94. The van der Waals surface area contributed by atoms with Crippen molar-refractivity contribution in [2.45, 2.75) is 58.7 Å². The number of morpholine rings is 1. The highest BCUT2D eigenvalue weighted by Crippen LogP contribution is 2.32. The molecule has 10 heteroatoms. The predicted molar refractivity (Wildman–Crippen MR) is 134 cm³/mol. The van der Waals surface area contributed by atoms with Gasteiger partial charge in [0.1, 0.15) is 6.10 Å². The van der Waals surface area contributed by atoms with Crippen molar-refractivity contribution in [3.63, 3.8) is 0 Å². The van der Waals surface area contributed by atoms with Crippen molar-refractivity contribution in [1.82, 2.24) is 35.2 Å². The minimum atomic E-state index is -0.354. The molecule has 3 aromatic heterocycles. The van der Waals surface area contributed by atoms with Crippen LogP contribution in [0.15, 0.2) is 12.3 Å². The highest BCUT2D eigenvalue weighted by atomic mass is 16.5. The molecule has 0 aliphatic carbocycles. The molecule has 35 heavy (non-hydrogen) atoms. The van der Waals surface area contributed by atoms with Crippen LogP contribution in [0.25, 0.3) is 11.0 Å². The maximum absolute atomic E-state index is 12.1. The molecule has 2 N–H and O–H groups in total. The summed E-state index contributed by atoms with van der Waals surface area (Å²) in [4.78, 5) is 19.2. The third-order valence-corrected chi connectivity index (χ3v) is 7.05. The van der Waals surface area contributed by atoms with Gasteiger partial charge in [-0.15, -0.1) is 0 Å². The Balaban J connectivity index is 1.15. The molecule has 188 valence electrons. The van der Waals surface area contributed by atoms with Crippen LogP contribution in [0.3, 0.4) is 0 Å². The Morgan fingerprint density at radius 3 is 3.00 bits per heavy atom. The number of fused-ring (bicyclic) bond motifs is 2. The first-order valence-electron chi connectivity index (χ1n) is 12.7. The third-order valence-electron chi connectivity index (χ3n) is 7.05. The lowest BCUT2D eigenvalue weighted by Gasteiger charge is -2.30. The van der Waals surface area contributed by atoms with E-state index < -0.39 is 0 Å². The molecule has 1 amide bonds. The van der Waals surface area contributed by atoms with Gasteiger partial charge in [0.25, 0.3) is 0 Å². The number of nitrogens with zero attached hydrogens (tertiary/aromatic N) is 6. The summed E-state index contributed by atoms with van der Waals surface area (Å²) in [6.45, 7) is 9.60. The fourth-order valence-corrected chi connectivity index (χ4v) is 5.16. The van der Waals surface area contributed by atoms with Crippen LogP contribution in [-0.4, -0.2) is 69.3 Å². The lowest BCUT2D eigenvalue weighted by molar-refractivity contribution is -0.134. The zero-order valence-corrected chi connectivity index (χ0v) is 21.0. The van der Waals surface area contributed by atoms with E-state index in [4.69, 9.17) is 9.84 Å². The first kappa shape index (κ1) is 23.7. The maximum Gasteiger partial charge on any atom is 0.250 e. The number of pyridine rings is 1. The fraction of sp³-hybridized carbons (Fsp3) is 0.600. The van der Waals surface area contributed by atoms with E-state index in [1.165, 1.54) is 16.9 Å². The summed E-state index contributed by atoms with van der Waals surface area (Å²) in [5, 5.41) is 16.6. The van der Waals surface area contributed by atoms with Gasteiger partial charge in [-0.3, -0.25) is 14.2 Å². The van der Waals surface area contributed by atoms with E-state index in [0.29, 0.717) is 19.7 Å². The van der Waals surface area contributed by atoms with Crippen LogP contribution in [0.1, 0.15) is 41.9 Å². The molecule has 2 aliphatic rings. The number of nitrogens with one attached hydrogen (secondary N) is 2. The van der Waals surface area contributed by atoms with Crippen molar-refractivity contribution in [2.75, 3.05) is 37.7 Å². The number of aryl methyl sites for hydroxylation is 4. The van der Waals surface area contributed by atoms with Crippen molar-refractivity contribution in [3.8, 4) is 0 Å². The van der Waals surface area contributed by atoms with Gasteiger partial charge >= 0.3 is 0 Å². The molecule has 0 aromatic carbocycles. The predicted octanol–water partition coefficient (Wildman–Crippen LogP) is 1.62. The van der Waals surface area contributed by atoms with Crippen molar-refractivity contribution >= 4 is 22.6 Å². The zero-order chi connectivity index (χ0) is 24.4. The van der Waals surface area contributed by atoms with Crippen LogP contribution >= 0.6 is 0 Å². The Hall–Kier alpha value is -2.98. The molecule has 5 heterocycles. The van der Waals surface area contributed by atoms with Crippen LogP contribution < -0.4 is 15.5 Å². The number of anilines is 1. The fourth-order valence-electron chi connectivity index (χ4n) is 5.16. The second-order valence-corrected chi connectivity index (χ2v) is 9.61. The molecule has 1 fully saturated rings. The highest BCUT2D eigenvalue weighted by molar-refractivity contribution is 5.89. The molecule has 5 rings (SSSR count). The number of carbonyl (C=O) groups excluding carboxylic acids is 1. The maximum atomic E-state index is 12.1. The van der Waals surface area contributed by atoms with E-state index >= 15 is 0 Å². The van der Waals surface area contributed by atoms with Gasteiger partial charge in [0.2, 0.25) is 5.91 Å². The van der Waals surface area contributed by atoms with E-state index in [1.54, 1.807) is 0 Å². The Bertz CT molecular complexity index is 1190. The number of amides is 1. The summed E-state index contributed by atoms with van der Waals surface area (Å²) >= 11 is 0. The number of ether oxygens (including phenoxy) is 1. The number of hydrogen-bond donors (Lipinski definition) is 2. The van der Waals surface area contributed by atoms with E-state index in [1.807, 2.05) is 24.9 Å². The van der Waals surface area contributed by atoms with Gasteiger partial charge < -0.3 is 20.3 Å². The first-order valence-corrected chi connectivity index (χ1v) is 12.7. The van der Waals surface area contributed by atoms with Crippen molar-refractivity contribution in [3.05, 3.63) is 34.9 Å². The van der Waals surface area contributed by atoms with E-state index in [2.05, 4.69) is 43.3 Å². The van der Waals surface area contributed by atoms with Gasteiger partial charge in [-0.1, -0.05) is 0 Å². The van der Waals surface area contributed by atoms with Gasteiger partial charge in [-0.2, -0.15) is 10.2 Å². The molecular weight excluding hydrogens is 444 g/mol. The molecule has 10 nitrogen and oxygen atoms in total.